The fraction of sp³-hybridized carbons (Fsp3) is 0.462. The molecular formula is C13H19NO3. The molecule has 0 aliphatic rings. The van der Waals surface area contributed by atoms with E-state index in [0.29, 0.717) is 29.5 Å². The summed E-state index contributed by atoms with van der Waals surface area (Å²) in [5, 5.41) is 0. The van der Waals surface area contributed by atoms with Gasteiger partial charge in [0.25, 0.3) is 0 Å². The van der Waals surface area contributed by atoms with Crippen LogP contribution in [-0.2, 0) is 4.74 Å². The molecule has 0 saturated carbocycles. The maximum Gasteiger partial charge on any atom is 0.341 e. The third-order valence-electron chi connectivity index (χ3n) is 2.64. The molecule has 0 bridgehead atoms. The molecule has 0 heterocycles. The number of carbonyl (C=O) groups excluding carboxylic acids is 1. The number of hydrogen-bond acceptors (Lipinski definition) is 4. The minimum Gasteiger partial charge on any atom is -0.496 e. The lowest BCUT2D eigenvalue weighted by molar-refractivity contribution is 0.0443. The second kappa shape index (κ2) is 6.13. The van der Waals surface area contributed by atoms with E-state index in [1.807, 2.05) is 6.92 Å². The zero-order valence-electron chi connectivity index (χ0n) is 10.5. The fourth-order valence-electron chi connectivity index (χ4n) is 1.29. The number of esters is 1. The van der Waals surface area contributed by atoms with E-state index in [-0.39, 0.29) is 5.97 Å². The van der Waals surface area contributed by atoms with Crippen molar-refractivity contribution < 1.29 is 14.3 Å². The lowest BCUT2D eigenvalue weighted by Crippen LogP contribution is -2.12. The molecule has 0 aliphatic carbocycles. The molecule has 0 saturated heterocycles. The number of rotatable bonds is 5. The van der Waals surface area contributed by atoms with Crippen molar-refractivity contribution in [2.75, 3.05) is 19.5 Å². The van der Waals surface area contributed by atoms with Crippen molar-refractivity contribution in [3.63, 3.8) is 0 Å². The van der Waals surface area contributed by atoms with E-state index in [2.05, 4.69) is 6.92 Å². The fourth-order valence-corrected chi connectivity index (χ4v) is 1.29. The summed E-state index contributed by atoms with van der Waals surface area (Å²) < 4.78 is 10.3. The highest BCUT2D eigenvalue weighted by Crippen LogP contribution is 2.22. The van der Waals surface area contributed by atoms with E-state index < -0.39 is 0 Å². The number of nitrogens with two attached hydrogens (primary N) is 1. The predicted molar refractivity (Wildman–Crippen MR) is 67.1 cm³/mol. The number of benzene rings is 1. The Kier molecular flexibility index (Phi) is 4.82. The molecule has 4 nitrogen and oxygen atoms in total. The summed E-state index contributed by atoms with van der Waals surface area (Å²) in [4.78, 5) is 11.8. The van der Waals surface area contributed by atoms with Crippen LogP contribution in [0.5, 0.6) is 5.75 Å². The van der Waals surface area contributed by atoms with Crippen molar-refractivity contribution in [2.45, 2.75) is 20.3 Å². The van der Waals surface area contributed by atoms with Crippen LogP contribution in [0, 0.1) is 5.92 Å². The summed E-state index contributed by atoms with van der Waals surface area (Å²) in [6.45, 7) is 4.51. The Morgan fingerprint density at radius 3 is 2.76 bits per heavy atom. The number of methoxy groups -OCH3 is 1. The number of anilines is 1. The first-order valence-corrected chi connectivity index (χ1v) is 5.69. The van der Waals surface area contributed by atoms with Crippen LogP contribution in [0.1, 0.15) is 30.6 Å². The molecule has 0 amide bonds. The van der Waals surface area contributed by atoms with Gasteiger partial charge in [0, 0.05) is 11.8 Å². The molecule has 94 valence electrons. The molecule has 0 aliphatic heterocycles. The first-order valence-electron chi connectivity index (χ1n) is 5.69. The van der Waals surface area contributed by atoms with Gasteiger partial charge in [-0.05, 0) is 18.1 Å². The SMILES string of the molecule is CCC(C)COC(=O)c1ccc(N)cc1OC. The lowest BCUT2D eigenvalue weighted by atomic mass is 10.1. The largest absolute Gasteiger partial charge is 0.496 e. The molecule has 0 fully saturated rings. The van der Waals surface area contributed by atoms with E-state index in [0.717, 1.165) is 6.42 Å². The Morgan fingerprint density at radius 1 is 1.47 bits per heavy atom. The molecular weight excluding hydrogens is 218 g/mol. The standard InChI is InChI=1S/C13H19NO3/c1-4-9(2)8-17-13(15)11-6-5-10(14)7-12(11)16-3/h5-7,9H,4,8,14H2,1-3H3. The van der Waals surface area contributed by atoms with E-state index in [1.54, 1.807) is 18.2 Å². The molecule has 0 aromatic heterocycles. The quantitative estimate of drug-likeness (QED) is 0.631. The van der Waals surface area contributed by atoms with E-state index in [4.69, 9.17) is 15.2 Å². The first kappa shape index (κ1) is 13.4. The maximum atomic E-state index is 11.8. The molecule has 4 heteroatoms. The van der Waals surface area contributed by atoms with Gasteiger partial charge in [-0.1, -0.05) is 20.3 Å². The highest BCUT2D eigenvalue weighted by molar-refractivity contribution is 5.93. The predicted octanol–water partition coefficient (Wildman–Crippen LogP) is 2.48. The molecule has 2 N–H and O–H groups in total. The summed E-state index contributed by atoms with van der Waals surface area (Å²) in [5.74, 6) is 0.431. The molecule has 1 aromatic rings. The van der Waals surface area contributed by atoms with Gasteiger partial charge < -0.3 is 15.2 Å². The van der Waals surface area contributed by atoms with Gasteiger partial charge in [0.15, 0.2) is 0 Å². The van der Waals surface area contributed by atoms with Gasteiger partial charge in [-0.15, -0.1) is 0 Å². The van der Waals surface area contributed by atoms with Gasteiger partial charge >= 0.3 is 5.97 Å². The third kappa shape index (κ3) is 3.66. The number of nitrogen functional groups attached to an aromatic ring is 1. The van der Waals surface area contributed by atoms with Crippen LogP contribution in [-0.4, -0.2) is 19.7 Å². The van der Waals surface area contributed by atoms with Crippen LogP contribution in [0.15, 0.2) is 18.2 Å². The molecule has 1 rings (SSSR count). The average Bonchev–Trinajstić information content (AvgIpc) is 2.35. The Labute approximate surface area is 102 Å². The normalized spacial score (nSPS) is 11.9. The molecule has 1 aromatic carbocycles. The van der Waals surface area contributed by atoms with E-state index >= 15 is 0 Å². The van der Waals surface area contributed by atoms with Gasteiger partial charge in [-0.2, -0.15) is 0 Å². The Hall–Kier alpha value is -1.71. The van der Waals surface area contributed by atoms with E-state index in [1.165, 1.54) is 7.11 Å². The Bertz CT molecular complexity index is 390. The summed E-state index contributed by atoms with van der Waals surface area (Å²) >= 11 is 0. The van der Waals surface area contributed by atoms with Crippen LogP contribution < -0.4 is 10.5 Å². The summed E-state index contributed by atoms with van der Waals surface area (Å²) in [6.07, 6.45) is 0.978. The Balaban J connectivity index is 2.75. The summed E-state index contributed by atoms with van der Waals surface area (Å²) in [5.41, 5.74) is 6.58. The zero-order valence-corrected chi connectivity index (χ0v) is 10.5. The zero-order chi connectivity index (χ0) is 12.8. The van der Waals surface area contributed by atoms with Crippen LogP contribution in [0.4, 0.5) is 5.69 Å². The monoisotopic (exact) mass is 237 g/mol. The van der Waals surface area contributed by atoms with Crippen molar-refractivity contribution >= 4 is 11.7 Å². The molecule has 0 spiro atoms. The van der Waals surface area contributed by atoms with Crippen LogP contribution >= 0.6 is 0 Å². The van der Waals surface area contributed by atoms with Crippen molar-refractivity contribution in [1.82, 2.24) is 0 Å². The van der Waals surface area contributed by atoms with Gasteiger partial charge in [-0.25, -0.2) is 4.79 Å². The van der Waals surface area contributed by atoms with Gasteiger partial charge in [0.05, 0.1) is 13.7 Å². The summed E-state index contributed by atoms with van der Waals surface area (Å²) in [6, 6.07) is 4.88. The minimum absolute atomic E-state index is 0.360. The number of hydrogen-bond donors (Lipinski definition) is 1. The number of carbonyl (C=O) groups is 1. The second-order valence-corrected chi connectivity index (χ2v) is 4.07. The average molecular weight is 237 g/mol. The lowest BCUT2D eigenvalue weighted by Gasteiger charge is -2.12. The Morgan fingerprint density at radius 2 is 2.18 bits per heavy atom. The van der Waals surface area contributed by atoms with Crippen LogP contribution in [0.3, 0.4) is 0 Å². The van der Waals surface area contributed by atoms with Gasteiger partial charge in [0.1, 0.15) is 11.3 Å². The maximum absolute atomic E-state index is 11.8. The van der Waals surface area contributed by atoms with Crippen molar-refractivity contribution in [1.29, 1.82) is 0 Å². The molecule has 17 heavy (non-hydrogen) atoms. The second-order valence-electron chi connectivity index (χ2n) is 4.07. The van der Waals surface area contributed by atoms with Crippen LogP contribution in [0.25, 0.3) is 0 Å². The number of ether oxygens (including phenoxy) is 2. The van der Waals surface area contributed by atoms with E-state index in [9.17, 15) is 4.79 Å². The third-order valence-corrected chi connectivity index (χ3v) is 2.64. The topological polar surface area (TPSA) is 61.5 Å². The molecule has 0 radical (unpaired) electrons. The highest BCUT2D eigenvalue weighted by Gasteiger charge is 2.14. The van der Waals surface area contributed by atoms with Crippen LogP contribution in [0.2, 0.25) is 0 Å². The van der Waals surface area contributed by atoms with Crippen molar-refractivity contribution in [3.05, 3.63) is 23.8 Å². The minimum atomic E-state index is -0.373. The molecule has 1 unspecified atom stereocenters. The highest BCUT2D eigenvalue weighted by atomic mass is 16.5. The van der Waals surface area contributed by atoms with Gasteiger partial charge in [-0.3, -0.25) is 0 Å². The smallest absolute Gasteiger partial charge is 0.341 e. The summed E-state index contributed by atoms with van der Waals surface area (Å²) in [7, 11) is 1.50. The first-order chi connectivity index (χ1) is 8.08. The van der Waals surface area contributed by atoms with Crippen molar-refractivity contribution in [2.24, 2.45) is 5.92 Å². The van der Waals surface area contributed by atoms with Crippen molar-refractivity contribution in [3.8, 4) is 5.75 Å². The molecule has 1 atom stereocenters. The van der Waals surface area contributed by atoms with Gasteiger partial charge in [0.2, 0.25) is 0 Å².